The van der Waals surface area contributed by atoms with Gasteiger partial charge < -0.3 is 19.5 Å². The smallest absolute Gasteiger partial charge is 0.338 e. The van der Waals surface area contributed by atoms with Crippen LogP contribution in [0.3, 0.4) is 0 Å². The first-order valence-electron chi connectivity index (χ1n) is 11.7. The third kappa shape index (κ3) is 5.46. The fourth-order valence-electron chi connectivity index (χ4n) is 3.79. The predicted molar refractivity (Wildman–Crippen MR) is 140 cm³/mol. The Bertz CT molecular complexity index is 1380. The molecule has 184 valence electrons. The lowest BCUT2D eigenvalue weighted by Gasteiger charge is -2.13. The van der Waals surface area contributed by atoms with Crippen molar-refractivity contribution in [3.63, 3.8) is 0 Å². The SMILES string of the molecule is CCCCOC(=O)c1ccc(NC(=O)c2cc(-c3ccc(OC)cc3OC)nc3ccccc23)cc1. The van der Waals surface area contributed by atoms with Gasteiger partial charge in [-0.25, -0.2) is 9.78 Å². The summed E-state index contributed by atoms with van der Waals surface area (Å²) in [6.45, 7) is 2.43. The molecule has 4 aromatic rings. The van der Waals surface area contributed by atoms with Crippen molar-refractivity contribution in [2.45, 2.75) is 19.8 Å². The van der Waals surface area contributed by atoms with Gasteiger partial charge in [0.2, 0.25) is 0 Å². The molecule has 0 radical (unpaired) electrons. The summed E-state index contributed by atoms with van der Waals surface area (Å²) in [4.78, 5) is 30.3. The van der Waals surface area contributed by atoms with Gasteiger partial charge in [-0.05, 0) is 55.0 Å². The highest BCUT2D eigenvalue weighted by Gasteiger charge is 2.17. The van der Waals surface area contributed by atoms with E-state index < -0.39 is 0 Å². The molecule has 1 heterocycles. The number of nitrogens with zero attached hydrogens (tertiary/aromatic N) is 1. The van der Waals surface area contributed by atoms with Crippen LogP contribution in [-0.2, 0) is 4.74 Å². The largest absolute Gasteiger partial charge is 0.497 e. The van der Waals surface area contributed by atoms with E-state index in [2.05, 4.69) is 5.32 Å². The highest BCUT2D eigenvalue weighted by Crippen LogP contribution is 2.34. The average molecular weight is 485 g/mol. The fraction of sp³-hybridized carbons (Fsp3) is 0.207. The van der Waals surface area contributed by atoms with E-state index in [0.717, 1.165) is 23.8 Å². The Labute approximate surface area is 210 Å². The topological polar surface area (TPSA) is 86.8 Å². The van der Waals surface area contributed by atoms with E-state index in [1.54, 1.807) is 50.6 Å². The number of para-hydroxylation sites is 1. The molecule has 0 saturated heterocycles. The number of fused-ring (bicyclic) bond motifs is 1. The molecule has 0 atom stereocenters. The first-order valence-corrected chi connectivity index (χ1v) is 11.7. The number of pyridine rings is 1. The van der Waals surface area contributed by atoms with E-state index in [0.29, 0.717) is 46.1 Å². The van der Waals surface area contributed by atoms with Crippen molar-refractivity contribution < 1.29 is 23.8 Å². The molecule has 4 rings (SSSR count). The molecule has 3 aromatic carbocycles. The van der Waals surface area contributed by atoms with E-state index in [4.69, 9.17) is 19.2 Å². The molecule has 36 heavy (non-hydrogen) atoms. The number of ether oxygens (including phenoxy) is 3. The van der Waals surface area contributed by atoms with Crippen LogP contribution in [0.1, 0.15) is 40.5 Å². The quantitative estimate of drug-likeness (QED) is 0.227. The average Bonchev–Trinajstić information content (AvgIpc) is 2.92. The maximum Gasteiger partial charge on any atom is 0.338 e. The van der Waals surface area contributed by atoms with Crippen molar-refractivity contribution in [3.8, 4) is 22.8 Å². The summed E-state index contributed by atoms with van der Waals surface area (Å²) in [5, 5.41) is 3.65. The predicted octanol–water partition coefficient (Wildman–Crippen LogP) is 6.13. The Morgan fingerprint density at radius 3 is 2.42 bits per heavy atom. The molecule has 1 amide bonds. The van der Waals surface area contributed by atoms with Crippen LogP contribution in [0.5, 0.6) is 11.5 Å². The molecule has 1 aromatic heterocycles. The minimum absolute atomic E-state index is 0.291. The summed E-state index contributed by atoms with van der Waals surface area (Å²) < 4.78 is 16.1. The number of carbonyl (C=O) groups is 2. The zero-order valence-corrected chi connectivity index (χ0v) is 20.5. The van der Waals surface area contributed by atoms with Gasteiger partial charge >= 0.3 is 5.97 Å². The fourth-order valence-corrected chi connectivity index (χ4v) is 3.79. The zero-order valence-electron chi connectivity index (χ0n) is 20.5. The molecule has 0 unspecified atom stereocenters. The second kappa shape index (κ2) is 11.4. The molecule has 7 nitrogen and oxygen atoms in total. The summed E-state index contributed by atoms with van der Waals surface area (Å²) >= 11 is 0. The molecule has 0 fully saturated rings. The number of benzene rings is 3. The van der Waals surface area contributed by atoms with Crippen LogP contribution in [0.25, 0.3) is 22.2 Å². The van der Waals surface area contributed by atoms with Gasteiger partial charge in [0.15, 0.2) is 0 Å². The first kappa shape index (κ1) is 24.7. The van der Waals surface area contributed by atoms with Crippen molar-refractivity contribution >= 4 is 28.5 Å². The van der Waals surface area contributed by atoms with Gasteiger partial charge in [-0.1, -0.05) is 31.5 Å². The third-order valence-corrected chi connectivity index (χ3v) is 5.75. The van der Waals surface area contributed by atoms with Gasteiger partial charge in [0, 0.05) is 22.7 Å². The van der Waals surface area contributed by atoms with Crippen molar-refractivity contribution in [1.29, 1.82) is 0 Å². The minimum atomic E-state index is -0.375. The molecule has 0 aliphatic rings. The number of anilines is 1. The van der Waals surface area contributed by atoms with Gasteiger partial charge in [-0.3, -0.25) is 4.79 Å². The van der Waals surface area contributed by atoms with Gasteiger partial charge in [-0.15, -0.1) is 0 Å². The second-order valence-corrected chi connectivity index (χ2v) is 8.16. The number of hydrogen-bond donors (Lipinski definition) is 1. The van der Waals surface area contributed by atoms with Crippen molar-refractivity contribution in [1.82, 2.24) is 4.98 Å². The standard InChI is InChI=1S/C29H28N2O5/c1-4-5-16-36-29(33)19-10-12-20(13-11-19)30-28(32)24-18-26(31-25-9-7-6-8-22(24)25)23-15-14-21(34-2)17-27(23)35-3/h6-15,17-18H,4-5,16H2,1-3H3,(H,30,32). The van der Waals surface area contributed by atoms with Crippen molar-refractivity contribution in [2.24, 2.45) is 0 Å². The molecule has 7 heteroatoms. The molecular weight excluding hydrogens is 456 g/mol. The monoisotopic (exact) mass is 484 g/mol. The first-order chi connectivity index (χ1) is 17.5. The summed E-state index contributed by atoms with van der Waals surface area (Å²) in [6, 6.07) is 21.3. The van der Waals surface area contributed by atoms with E-state index in [1.807, 2.05) is 43.3 Å². The van der Waals surface area contributed by atoms with Crippen LogP contribution in [0.4, 0.5) is 5.69 Å². The Morgan fingerprint density at radius 1 is 0.917 bits per heavy atom. The molecule has 0 aliphatic carbocycles. The number of unbranched alkanes of at least 4 members (excludes halogenated alkanes) is 1. The Balaban J connectivity index is 1.63. The Kier molecular flexibility index (Phi) is 7.80. The molecule has 0 bridgehead atoms. The van der Waals surface area contributed by atoms with Gasteiger partial charge in [-0.2, -0.15) is 0 Å². The van der Waals surface area contributed by atoms with Crippen LogP contribution in [0.2, 0.25) is 0 Å². The number of aromatic nitrogens is 1. The number of methoxy groups -OCH3 is 2. The van der Waals surface area contributed by atoms with Crippen LogP contribution in [0.15, 0.2) is 72.8 Å². The number of esters is 1. The van der Waals surface area contributed by atoms with Crippen molar-refractivity contribution in [3.05, 3.63) is 83.9 Å². The second-order valence-electron chi connectivity index (χ2n) is 8.16. The number of carbonyl (C=O) groups excluding carboxylic acids is 2. The summed E-state index contributed by atoms with van der Waals surface area (Å²) in [7, 11) is 3.17. The molecule has 0 saturated carbocycles. The highest BCUT2D eigenvalue weighted by atomic mass is 16.5. The number of amides is 1. The zero-order chi connectivity index (χ0) is 25.5. The van der Waals surface area contributed by atoms with E-state index in [-0.39, 0.29) is 11.9 Å². The van der Waals surface area contributed by atoms with Crippen LogP contribution < -0.4 is 14.8 Å². The molecule has 0 aliphatic heterocycles. The molecular formula is C29H28N2O5. The lowest BCUT2D eigenvalue weighted by atomic mass is 10.0. The molecule has 0 spiro atoms. The Morgan fingerprint density at radius 2 is 1.69 bits per heavy atom. The van der Waals surface area contributed by atoms with Gasteiger partial charge in [0.1, 0.15) is 11.5 Å². The van der Waals surface area contributed by atoms with E-state index in [9.17, 15) is 9.59 Å². The Hall–Kier alpha value is -4.39. The number of rotatable bonds is 9. The summed E-state index contributed by atoms with van der Waals surface area (Å²) in [6.07, 6.45) is 1.78. The lowest BCUT2D eigenvalue weighted by Crippen LogP contribution is -2.13. The van der Waals surface area contributed by atoms with Crippen LogP contribution >= 0.6 is 0 Å². The summed E-state index contributed by atoms with van der Waals surface area (Å²) in [5.74, 6) is 0.581. The van der Waals surface area contributed by atoms with Crippen molar-refractivity contribution in [2.75, 3.05) is 26.1 Å². The van der Waals surface area contributed by atoms with Crippen LogP contribution in [0, 0.1) is 0 Å². The third-order valence-electron chi connectivity index (χ3n) is 5.75. The molecule has 1 N–H and O–H groups in total. The van der Waals surface area contributed by atoms with E-state index >= 15 is 0 Å². The van der Waals surface area contributed by atoms with E-state index in [1.165, 1.54) is 0 Å². The van der Waals surface area contributed by atoms with Gasteiger partial charge in [0.05, 0.1) is 43.2 Å². The summed E-state index contributed by atoms with van der Waals surface area (Å²) in [5.41, 5.74) is 3.49. The van der Waals surface area contributed by atoms with Crippen LogP contribution in [-0.4, -0.2) is 37.7 Å². The minimum Gasteiger partial charge on any atom is -0.497 e. The number of nitrogens with one attached hydrogen (secondary N) is 1. The maximum absolute atomic E-state index is 13.4. The maximum atomic E-state index is 13.4. The van der Waals surface area contributed by atoms with Gasteiger partial charge in [0.25, 0.3) is 5.91 Å². The lowest BCUT2D eigenvalue weighted by molar-refractivity contribution is 0.0499. The number of hydrogen-bond acceptors (Lipinski definition) is 6. The normalized spacial score (nSPS) is 10.6. The highest BCUT2D eigenvalue weighted by molar-refractivity contribution is 6.13.